The van der Waals surface area contributed by atoms with Gasteiger partial charge >= 0.3 is 6.03 Å². The number of barbiturate groups is 1. The number of nitrogens with two attached hydrogens (primary N) is 1. The van der Waals surface area contributed by atoms with E-state index in [4.69, 9.17) is 22.1 Å². The molecule has 8 nitrogen and oxygen atoms in total. The van der Waals surface area contributed by atoms with E-state index < -0.39 is 23.8 Å². The lowest BCUT2D eigenvalue weighted by Crippen LogP contribution is -2.54. The molecule has 0 bridgehead atoms. The van der Waals surface area contributed by atoms with Gasteiger partial charge in [0.15, 0.2) is 6.61 Å². The van der Waals surface area contributed by atoms with Crippen LogP contribution in [-0.4, -0.2) is 30.4 Å². The van der Waals surface area contributed by atoms with E-state index in [0.717, 1.165) is 4.90 Å². The normalized spacial score (nSPS) is 15.4. The van der Waals surface area contributed by atoms with E-state index >= 15 is 0 Å². The molecule has 3 N–H and O–H groups in total. The molecule has 2 aromatic rings. The highest BCUT2D eigenvalue weighted by Gasteiger charge is 2.37. The number of hydrogen-bond donors (Lipinski definition) is 2. The summed E-state index contributed by atoms with van der Waals surface area (Å²) >= 11 is 9.30. The average Bonchev–Trinajstić information content (AvgIpc) is 2.67. The minimum atomic E-state index is -0.858. The minimum absolute atomic E-state index is 0.230. The van der Waals surface area contributed by atoms with E-state index in [2.05, 4.69) is 21.2 Å². The van der Waals surface area contributed by atoms with Crippen molar-refractivity contribution >= 4 is 63.0 Å². The van der Waals surface area contributed by atoms with Gasteiger partial charge in [0, 0.05) is 5.02 Å². The summed E-state index contributed by atoms with van der Waals surface area (Å²) in [6.45, 7) is 1.42. The summed E-state index contributed by atoms with van der Waals surface area (Å²) in [4.78, 5) is 49.4. The van der Waals surface area contributed by atoms with E-state index in [0.29, 0.717) is 26.4 Å². The first-order valence-corrected chi connectivity index (χ1v) is 9.72. The van der Waals surface area contributed by atoms with Gasteiger partial charge in [-0.3, -0.25) is 19.7 Å². The molecule has 0 aromatic heterocycles. The fraction of sp³-hybridized carbons (Fsp3) is 0.100. The van der Waals surface area contributed by atoms with Crippen molar-refractivity contribution < 1.29 is 23.9 Å². The third-order valence-electron chi connectivity index (χ3n) is 4.15. The zero-order valence-electron chi connectivity index (χ0n) is 15.6. The Morgan fingerprint density at radius 2 is 1.97 bits per heavy atom. The van der Waals surface area contributed by atoms with Crippen LogP contribution in [0.5, 0.6) is 5.75 Å². The Bertz CT molecular complexity index is 1120. The molecule has 10 heteroatoms. The number of ether oxygens (including phenoxy) is 1. The number of urea groups is 1. The van der Waals surface area contributed by atoms with E-state index in [1.807, 2.05) is 0 Å². The molecule has 2 aromatic carbocycles. The lowest BCUT2D eigenvalue weighted by Gasteiger charge is -2.27. The van der Waals surface area contributed by atoms with Crippen LogP contribution in [0.15, 0.2) is 46.4 Å². The van der Waals surface area contributed by atoms with E-state index in [1.165, 1.54) is 12.1 Å². The van der Waals surface area contributed by atoms with Crippen LogP contribution in [0.25, 0.3) is 6.08 Å². The van der Waals surface area contributed by atoms with Crippen LogP contribution in [0.2, 0.25) is 5.02 Å². The lowest BCUT2D eigenvalue weighted by molar-refractivity contribution is -0.123. The topological polar surface area (TPSA) is 119 Å². The molecule has 1 aliphatic rings. The molecule has 0 radical (unpaired) electrons. The Kier molecular flexibility index (Phi) is 6.23. The highest BCUT2D eigenvalue weighted by atomic mass is 79.9. The molecule has 0 unspecified atom stereocenters. The second-order valence-corrected chi connectivity index (χ2v) is 7.62. The van der Waals surface area contributed by atoms with Crippen molar-refractivity contribution in [3.63, 3.8) is 0 Å². The number of primary amides is 1. The molecule has 1 heterocycles. The molecular weight excluding hydrogens is 478 g/mol. The number of carbonyl (C=O) groups excluding carboxylic acids is 4. The summed E-state index contributed by atoms with van der Waals surface area (Å²) in [5, 5.41) is 2.50. The Hall–Kier alpha value is -3.17. The second kappa shape index (κ2) is 8.68. The quantitative estimate of drug-likeness (QED) is 0.491. The first-order chi connectivity index (χ1) is 14.2. The summed E-state index contributed by atoms with van der Waals surface area (Å²) in [6, 6.07) is 8.64. The van der Waals surface area contributed by atoms with Crippen LogP contribution < -0.4 is 20.7 Å². The van der Waals surface area contributed by atoms with Crippen LogP contribution in [0, 0.1) is 6.92 Å². The minimum Gasteiger partial charge on any atom is -0.483 e. The highest BCUT2D eigenvalue weighted by molar-refractivity contribution is 9.10. The molecule has 5 amide bonds. The van der Waals surface area contributed by atoms with Crippen molar-refractivity contribution in [3.8, 4) is 5.75 Å². The first kappa shape index (κ1) is 21.5. The van der Waals surface area contributed by atoms with Gasteiger partial charge in [0.25, 0.3) is 17.7 Å². The van der Waals surface area contributed by atoms with Crippen molar-refractivity contribution in [2.45, 2.75) is 6.92 Å². The number of aryl methyl sites for hydroxylation is 1. The zero-order chi connectivity index (χ0) is 22.0. The molecule has 154 valence electrons. The molecule has 0 saturated carbocycles. The maximum Gasteiger partial charge on any atom is 0.335 e. The lowest BCUT2D eigenvalue weighted by atomic mass is 10.1. The molecule has 1 saturated heterocycles. The van der Waals surface area contributed by atoms with Gasteiger partial charge in [0.1, 0.15) is 11.3 Å². The van der Waals surface area contributed by atoms with Crippen LogP contribution in [-0.2, 0) is 14.4 Å². The summed E-state index contributed by atoms with van der Waals surface area (Å²) in [5.74, 6) is -1.86. The van der Waals surface area contributed by atoms with Crippen LogP contribution in [0.3, 0.4) is 0 Å². The second-order valence-electron chi connectivity index (χ2n) is 6.33. The smallest absolute Gasteiger partial charge is 0.335 e. The number of halogens is 2. The third-order valence-corrected chi connectivity index (χ3v) is 5.01. The van der Waals surface area contributed by atoms with Crippen molar-refractivity contribution in [1.29, 1.82) is 0 Å². The zero-order valence-corrected chi connectivity index (χ0v) is 17.9. The number of hydrogen-bond acceptors (Lipinski definition) is 5. The first-order valence-electron chi connectivity index (χ1n) is 8.55. The standard InChI is InChI=1S/C20H15BrClN3O5/c1-10-2-4-12(22)8-15(10)25-19(28)13(18(27)24-20(25)29)6-11-3-5-16(14(21)7-11)30-9-17(23)26/h2-8H,9H2,1H3,(H2,23,26)(H,24,27,29)/b13-6+. The molecule has 0 atom stereocenters. The van der Waals surface area contributed by atoms with Gasteiger partial charge < -0.3 is 10.5 Å². The number of nitrogens with zero attached hydrogens (tertiary/aromatic N) is 1. The maximum atomic E-state index is 13.0. The fourth-order valence-corrected chi connectivity index (χ4v) is 3.42. The summed E-state index contributed by atoms with van der Waals surface area (Å²) in [7, 11) is 0. The van der Waals surface area contributed by atoms with Gasteiger partial charge in [-0.1, -0.05) is 23.7 Å². The molecule has 30 heavy (non-hydrogen) atoms. The van der Waals surface area contributed by atoms with Crippen molar-refractivity contribution in [3.05, 3.63) is 62.6 Å². The number of benzene rings is 2. The monoisotopic (exact) mass is 491 g/mol. The molecular formula is C20H15BrClN3O5. The van der Waals surface area contributed by atoms with Crippen molar-refractivity contribution in [1.82, 2.24) is 5.32 Å². The number of anilines is 1. The number of imide groups is 2. The molecule has 1 fully saturated rings. The summed E-state index contributed by atoms with van der Waals surface area (Å²) in [5.41, 5.74) is 6.23. The summed E-state index contributed by atoms with van der Waals surface area (Å²) in [6.07, 6.45) is 1.35. The third kappa shape index (κ3) is 4.52. The van der Waals surface area contributed by atoms with Crippen LogP contribution in [0.1, 0.15) is 11.1 Å². The number of amides is 5. The molecule has 1 aliphatic heterocycles. The Morgan fingerprint density at radius 1 is 1.23 bits per heavy atom. The number of nitrogens with one attached hydrogen (secondary N) is 1. The number of rotatable bonds is 5. The van der Waals surface area contributed by atoms with Crippen molar-refractivity contribution in [2.75, 3.05) is 11.5 Å². The molecule has 3 rings (SSSR count). The van der Waals surface area contributed by atoms with Gasteiger partial charge in [0.05, 0.1) is 10.2 Å². The Balaban J connectivity index is 1.95. The largest absolute Gasteiger partial charge is 0.483 e. The highest BCUT2D eigenvalue weighted by Crippen LogP contribution is 2.30. The molecule has 0 spiro atoms. The van der Waals surface area contributed by atoms with Gasteiger partial charge in [-0.2, -0.15) is 0 Å². The van der Waals surface area contributed by atoms with Crippen LogP contribution >= 0.6 is 27.5 Å². The summed E-state index contributed by atoms with van der Waals surface area (Å²) < 4.78 is 5.73. The van der Waals surface area contributed by atoms with Crippen molar-refractivity contribution in [2.24, 2.45) is 5.73 Å². The van der Waals surface area contributed by atoms with Gasteiger partial charge in [-0.15, -0.1) is 0 Å². The van der Waals surface area contributed by atoms with E-state index in [9.17, 15) is 19.2 Å². The Labute approximate surface area is 184 Å². The Morgan fingerprint density at radius 3 is 2.63 bits per heavy atom. The predicted molar refractivity (Wildman–Crippen MR) is 114 cm³/mol. The fourth-order valence-electron chi connectivity index (χ4n) is 2.74. The predicted octanol–water partition coefficient (Wildman–Crippen LogP) is 2.94. The van der Waals surface area contributed by atoms with E-state index in [-0.39, 0.29) is 17.9 Å². The molecule has 0 aliphatic carbocycles. The number of carbonyl (C=O) groups is 4. The van der Waals surface area contributed by atoms with Gasteiger partial charge in [-0.05, 0) is 64.3 Å². The van der Waals surface area contributed by atoms with Gasteiger partial charge in [0.2, 0.25) is 0 Å². The van der Waals surface area contributed by atoms with Gasteiger partial charge in [-0.25, -0.2) is 9.69 Å². The van der Waals surface area contributed by atoms with E-state index in [1.54, 1.807) is 37.3 Å². The maximum absolute atomic E-state index is 13.0. The average molecular weight is 493 g/mol. The van der Waals surface area contributed by atoms with Crippen LogP contribution in [0.4, 0.5) is 10.5 Å². The SMILES string of the molecule is Cc1ccc(Cl)cc1N1C(=O)NC(=O)/C(=C\c2ccc(OCC(N)=O)c(Br)c2)C1=O.